The first kappa shape index (κ1) is 12.3. The highest BCUT2D eigenvalue weighted by Gasteiger charge is 2.24. The van der Waals surface area contributed by atoms with E-state index < -0.39 is 0 Å². The van der Waals surface area contributed by atoms with Gasteiger partial charge < -0.3 is 9.80 Å². The van der Waals surface area contributed by atoms with Gasteiger partial charge in [-0.2, -0.15) is 12.6 Å². The lowest BCUT2D eigenvalue weighted by Gasteiger charge is -2.37. The molecular weight excluding hydrogens is 232 g/mol. The molecule has 0 N–H and O–H groups in total. The molecule has 2 rings (SSSR count). The molecule has 0 fully saturated rings. The molecule has 1 aromatic rings. The molecule has 4 heteroatoms. The summed E-state index contributed by atoms with van der Waals surface area (Å²) in [6.45, 7) is 4.80. The number of carbonyl (C=O) groups is 1. The fourth-order valence-corrected chi connectivity index (χ4v) is 2.43. The summed E-state index contributed by atoms with van der Waals surface area (Å²) in [5, 5.41) is 0. The van der Waals surface area contributed by atoms with Gasteiger partial charge in [0.05, 0.1) is 11.4 Å². The van der Waals surface area contributed by atoms with Gasteiger partial charge in [-0.25, -0.2) is 0 Å². The molecule has 0 radical (unpaired) electrons. The highest BCUT2D eigenvalue weighted by Crippen LogP contribution is 2.32. The van der Waals surface area contributed by atoms with Crippen LogP contribution in [0.5, 0.6) is 0 Å². The molecule has 0 saturated heterocycles. The fourth-order valence-electron chi connectivity index (χ4n) is 2.24. The van der Waals surface area contributed by atoms with Crippen LogP contribution in [-0.4, -0.2) is 31.3 Å². The van der Waals surface area contributed by atoms with Gasteiger partial charge in [0.1, 0.15) is 0 Å². The van der Waals surface area contributed by atoms with E-state index in [9.17, 15) is 4.79 Å². The van der Waals surface area contributed by atoms with Crippen molar-refractivity contribution in [3.63, 3.8) is 0 Å². The Bertz CT molecular complexity index is 408. The Morgan fingerprint density at radius 3 is 2.65 bits per heavy atom. The van der Waals surface area contributed by atoms with Crippen LogP contribution in [0, 0.1) is 0 Å². The average Bonchev–Trinajstić information content (AvgIpc) is 2.37. The maximum atomic E-state index is 12.0. The van der Waals surface area contributed by atoms with E-state index in [-0.39, 0.29) is 5.91 Å². The van der Waals surface area contributed by atoms with E-state index in [1.807, 2.05) is 23.1 Å². The molecule has 0 unspecified atom stereocenters. The molecule has 1 heterocycles. The molecule has 0 saturated carbocycles. The standard InChI is InChI=1S/C13H18N2OS/c1-2-14-8-9-15(13(16)7-10-17)12-6-4-3-5-11(12)14/h3-6,17H,2,7-10H2,1H3. The van der Waals surface area contributed by atoms with Crippen LogP contribution < -0.4 is 9.80 Å². The second kappa shape index (κ2) is 5.45. The molecule has 0 bridgehead atoms. The van der Waals surface area contributed by atoms with Crippen LogP contribution in [0.3, 0.4) is 0 Å². The van der Waals surface area contributed by atoms with Crippen molar-refractivity contribution >= 4 is 29.9 Å². The molecule has 0 aliphatic carbocycles. The minimum absolute atomic E-state index is 0.170. The van der Waals surface area contributed by atoms with Crippen LogP contribution in [-0.2, 0) is 4.79 Å². The SMILES string of the molecule is CCN1CCN(C(=O)CCS)c2ccccc21. The Hall–Kier alpha value is -1.16. The van der Waals surface area contributed by atoms with Gasteiger partial charge >= 0.3 is 0 Å². The van der Waals surface area contributed by atoms with Crippen molar-refractivity contribution in [2.45, 2.75) is 13.3 Å². The molecule has 0 atom stereocenters. The molecule has 1 aliphatic heterocycles. The van der Waals surface area contributed by atoms with Gasteiger partial charge in [-0.15, -0.1) is 0 Å². The van der Waals surface area contributed by atoms with E-state index in [2.05, 4.69) is 30.5 Å². The number of nitrogens with zero attached hydrogens (tertiary/aromatic N) is 2. The van der Waals surface area contributed by atoms with Gasteiger partial charge in [-0.1, -0.05) is 12.1 Å². The Kier molecular flexibility index (Phi) is 3.94. The van der Waals surface area contributed by atoms with E-state index in [1.165, 1.54) is 0 Å². The van der Waals surface area contributed by atoms with Crippen molar-refractivity contribution in [2.75, 3.05) is 35.2 Å². The van der Waals surface area contributed by atoms with E-state index in [4.69, 9.17) is 0 Å². The molecule has 3 nitrogen and oxygen atoms in total. The minimum atomic E-state index is 0.170. The summed E-state index contributed by atoms with van der Waals surface area (Å²) < 4.78 is 0. The smallest absolute Gasteiger partial charge is 0.227 e. The lowest BCUT2D eigenvalue weighted by atomic mass is 10.1. The number of likely N-dealkylation sites (N-methyl/N-ethyl adjacent to an activating group) is 1. The molecule has 92 valence electrons. The lowest BCUT2D eigenvalue weighted by molar-refractivity contribution is -0.118. The van der Waals surface area contributed by atoms with Crippen LogP contribution in [0.25, 0.3) is 0 Å². The van der Waals surface area contributed by atoms with Crippen molar-refractivity contribution in [1.82, 2.24) is 0 Å². The maximum absolute atomic E-state index is 12.0. The molecule has 17 heavy (non-hydrogen) atoms. The van der Waals surface area contributed by atoms with Gasteiger partial charge in [0.25, 0.3) is 0 Å². The highest BCUT2D eigenvalue weighted by atomic mass is 32.1. The van der Waals surface area contributed by atoms with Crippen LogP contribution in [0.15, 0.2) is 24.3 Å². The van der Waals surface area contributed by atoms with Crippen molar-refractivity contribution < 1.29 is 4.79 Å². The lowest BCUT2D eigenvalue weighted by Crippen LogP contribution is -2.44. The number of hydrogen-bond acceptors (Lipinski definition) is 3. The topological polar surface area (TPSA) is 23.6 Å². The van der Waals surface area contributed by atoms with Crippen molar-refractivity contribution in [3.8, 4) is 0 Å². The maximum Gasteiger partial charge on any atom is 0.227 e. The summed E-state index contributed by atoms with van der Waals surface area (Å²) >= 11 is 4.13. The van der Waals surface area contributed by atoms with E-state index in [1.54, 1.807) is 0 Å². The molecule has 1 aromatic carbocycles. The van der Waals surface area contributed by atoms with Crippen LogP contribution in [0.2, 0.25) is 0 Å². The largest absolute Gasteiger partial charge is 0.368 e. The normalized spacial score (nSPS) is 14.7. The average molecular weight is 250 g/mol. The summed E-state index contributed by atoms with van der Waals surface area (Å²) in [4.78, 5) is 16.2. The zero-order valence-corrected chi connectivity index (χ0v) is 11.0. The van der Waals surface area contributed by atoms with Crippen LogP contribution in [0.4, 0.5) is 11.4 Å². The second-order valence-electron chi connectivity index (χ2n) is 4.09. The molecular formula is C13H18N2OS. The number of hydrogen-bond donors (Lipinski definition) is 1. The number of carbonyl (C=O) groups excluding carboxylic acids is 1. The Labute approximate surface area is 108 Å². The number of thiol groups is 1. The fraction of sp³-hybridized carbons (Fsp3) is 0.462. The van der Waals surface area contributed by atoms with Gasteiger partial charge in [-0.3, -0.25) is 4.79 Å². The Morgan fingerprint density at radius 1 is 1.29 bits per heavy atom. The molecule has 0 spiro atoms. The third-order valence-electron chi connectivity index (χ3n) is 3.12. The molecule has 1 aliphatic rings. The second-order valence-corrected chi connectivity index (χ2v) is 4.53. The zero-order chi connectivity index (χ0) is 12.3. The van der Waals surface area contributed by atoms with Gasteiger partial charge in [0.2, 0.25) is 5.91 Å². The highest BCUT2D eigenvalue weighted by molar-refractivity contribution is 7.80. The number of amides is 1. The Balaban J connectivity index is 2.31. The first-order chi connectivity index (χ1) is 8.27. The third-order valence-corrected chi connectivity index (χ3v) is 3.34. The molecule has 0 aromatic heterocycles. The summed E-state index contributed by atoms with van der Waals surface area (Å²) in [6.07, 6.45) is 0.504. The van der Waals surface area contributed by atoms with Crippen molar-refractivity contribution in [1.29, 1.82) is 0 Å². The van der Waals surface area contributed by atoms with Gasteiger partial charge in [0.15, 0.2) is 0 Å². The number of benzene rings is 1. The molecule has 1 amide bonds. The van der Waals surface area contributed by atoms with Crippen LogP contribution >= 0.6 is 12.6 Å². The van der Waals surface area contributed by atoms with E-state index in [0.717, 1.165) is 31.0 Å². The van der Waals surface area contributed by atoms with Crippen molar-refractivity contribution in [3.05, 3.63) is 24.3 Å². The zero-order valence-electron chi connectivity index (χ0n) is 10.1. The third kappa shape index (κ3) is 2.41. The summed E-state index contributed by atoms with van der Waals surface area (Å²) in [5.74, 6) is 0.776. The predicted octanol–water partition coefficient (Wildman–Crippen LogP) is 2.18. The quantitative estimate of drug-likeness (QED) is 0.831. The number of fused-ring (bicyclic) bond motifs is 1. The van der Waals surface area contributed by atoms with E-state index in [0.29, 0.717) is 12.2 Å². The predicted molar refractivity (Wildman–Crippen MR) is 75.2 cm³/mol. The first-order valence-electron chi connectivity index (χ1n) is 6.03. The van der Waals surface area contributed by atoms with Crippen LogP contribution in [0.1, 0.15) is 13.3 Å². The summed E-state index contributed by atoms with van der Waals surface area (Å²) in [6, 6.07) is 8.11. The number of anilines is 2. The summed E-state index contributed by atoms with van der Waals surface area (Å²) in [5.41, 5.74) is 2.20. The van der Waals surface area contributed by atoms with Gasteiger partial charge in [-0.05, 0) is 24.8 Å². The number of rotatable bonds is 3. The van der Waals surface area contributed by atoms with E-state index >= 15 is 0 Å². The van der Waals surface area contributed by atoms with Crippen molar-refractivity contribution in [2.24, 2.45) is 0 Å². The number of para-hydroxylation sites is 2. The first-order valence-corrected chi connectivity index (χ1v) is 6.66. The monoisotopic (exact) mass is 250 g/mol. The minimum Gasteiger partial charge on any atom is -0.368 e. The Morgan fingerprint density at radius 2 is 2.00 bits per heavy atom. The van der Waals surface area contributed by atoms with Gasteiger partial charge in [0, 0.05) is 26.1 Å². The summed E-state index contributed by atoms with van der Waals surface area (Å²) in [7, 11) is 0.